The molecular formula is C8H13N3O3S. The van der Waals surface area contributed by atoms with E-state index in [-0.39, 0.29) is 5.19 Å². The lowest BCUT2D eigenvalue weighted by Gasteiger charge is -1.98. The highest BCUT2D eigenvalue weighted by molar-refractivity contribution is 7.09. The Morgan fingerprint density at radius 3 is 3.00 bits per heavy atom. The van der Waals surface area contributed by atoms with E-state index in [1.54, 1.807) is 0 Å². The lowest BCUT2D eigenvalue weighted by atomic mass is 10.4. The van der Waals surface area contributed by atoms with Crippen LogP contribution in [0.2, 0.25) is 0 Å². The fourth-order valence-corrected chi connectivity index (χ4v) is 1.56. The van der Waals surface area contributed by atoms with Crippen LogP contribution in [0.5, 0.6) is 5.19 Å². The van der Waals surface area contributed by atoms with Crippen LogP contribution < -0.4 is 15.7 Å². The first-order valence-electron chi connectivity index (χ1n) is 4.64. The minimum Gasteiger partial charge on any atom is -0.469 e. The maximum Gasteiger partial charge on any atom is 0.369 e. The Balaban J connectivity index is 2.69. The van der Waals surface area contributed by atoms with Gasteiger partial charge in [0.05, 0.1) is 6.61 Å². The second-order valence-electron chi connectivity index (χ2n) is 2.80. The smallest absolute Gasteiger partial charge is 0.369 e. The summed E-state index contributed by atoms with van der Waals surface area (Å²) in [7, 11) is 1.45. The van der Waals surface area contributed by atoms with Crippen molar-refractivity contribution in [1.29, 1.82) is 0 Å². The largest absolute Gasteiger partial charge is 0.469 e. The molecule has 0 aliphatic carbocycles. The quantitative estimate of drug-likeness (QED) is 0.773. The van der Waals surface area contributed by atoms with Gasteiger partial charge < -0.3 is 10.1 Å². The molecule has 1 heterocycles. The van der Waals surface area contributed by atoms with Crippen molar-refractivity contribution in [2.75, 3.05) is 13.7 Å². The van der Waals surface area contributed by atoms with Crippen LogP contribution in [-0.4, -0.2) is 28.6 Å². The fraction of sp³-hybridized carbons (Fsp3) is 0.625. The van der Waals surface area contributed by atoms with Crippen molar-refractivity contribution in [1.82, 2.24) is 14.3 Å². The van der Waals surface area contributed by atoms with Gasteiger partial charge in [-0.2, -0.15) is 3.96 Å². The molecule has 0 bridgehead atoms. The normalized spacial score (nSPS) is 10.0. The van der Waals surface area contributed by atoms with E-state index in [0.717, 1.165) is 28.3 Å². The zero-order valence-corrected chi connectivity index (χ0v) is 9.47. The zero-order chi connectivity index (χ0) is 11.3. The molecule has 0 unspecified atom stereocenters. The molecule has 0 aliphatic rings. The van der Waals surface area contributed by atoms with Crippen LogP contribution in [-0.2, 0) is 0 Å². The highest BCUT2D eigenvalue weighted by Crippen LogP contribution is 2.11. The van der Waals surface area contributed by atoms with Crippen molar-refractivity contribution >= 4 is 17.6 Å². The van der Waals surface area contributed by atoms with Crippen molar-refractivity contribution in [3.05, 3.63) is 10.5 Å². The number of nitrogens with one attached hydrogen (secondary N) is 1. The summed E-state index contributed by atoms with van der Waals surface area (Å²) in [5.74, 6) is 0. The monoisotopic (exact) mass is 231 g/mol. The number of hydrogen-bond donors (Lipinski definition) is 1. The first-order valence-corrected chi connectivity index (χ1v) is 5.41. The summed E-state index contributed by atoms with van der Waals surface area (Å²) in [6.45, 7) is 2.55. The molecule has 84 valence electrons. The molecule has 0 aliphatic heterocycles. The Kier molecular flexibility index (Phi) is 4.29. The van der Waals surface area contributed by atoms with Gasteiger partial charge >= 0.3 is 11.7 Å². The van der Waals surface area contributed by atoms with Gasteiger partial charge in [-0.05, 0) is 6.42 Å². The molecule has 7 heteroatoms. The minimum atomic E-state index is -0.606. The van der Waals surface area contributed by atoms with Crippen molar-refractivity contribution in [3.8, 4) is 5.19 Å². The van der Waals surface area contributed by atoms with Gasteiger partial charge in [-0.3, -0.25) is 0 Å². The summed E-state index contributed by atoms with van der Waals surface area (Å²) < 4.78 is 6.13. The zero-order valence-electron chi connectivity index (χ0n) is 8.65. The van der Waals surface area contributed by atoms with Gasteiger partial charge in [0.15, 0.2) is 0 Å². The van der Waals surface area contributed by atoms with Crippen LogP contribution in [0.3, 0.4) is 0 Å². The number of carbonyl (C=O) groups is 1. The number of hydrogen-bond acceptors (Lipinski definition) is 5. The fourth-order valence-electron chi connectivity index (χ4n) is 0.853. The second kappa shape index (κ2) is 5.50. The molecule has 0 radical (unpaired) electrons. The number of aromatic nitrogens is 2. The van der Waals surface area contributed by atoms with E-state index in [0.29, 0.717) is 6.61 Å². The summed E-state index contributed by atoms with van der Waals surface area (Å²) in [6, 6.07) is -0.497. The molecule has 1 N–H and O–H groups in total. The Hall–Kier alpha value is -1.37. The van der Waals surface area contributed by atoms with Gasteiger partial charge in [0.25, 0.3) is 5.19 Å². The molecule has 15 heavy (non-hydrogen) atoms. The molecule has 1 rings (SSSR count). The molecule has 0 aromatic carbocycles. The SMILES string of the molecule is CCCCOc1nc(=O)n(C(=O)NC)s1. The highest BCUT2D eigenvalue weighted by atomic mass is 32.1. The van der Waals surface area contributed by atoms with E-state index < -0.39 is 11.7 Å². The summed E-state index contributed by atoms with van der Waals surface area (Å²) in [4.78, 5) is 25.9. The number of unbranched alkanes of at least 4 members (excludes halogenated alkanes) is 1. The van der Waals surface area contributed by atoms with E-state index in [2.05, 4.69) is 10.3 Å². The summed E-state index contributed by atoms with van der Waals surface area (Å²) in [5.41, 5.74) is -0.606. The third kappa shape index (κ3) is 3.05. The molecule has 0 atom stereocenters. The van der Waals surface area contributed by atoms with Gasteiger partial charge in [0.2, 0.25) is 0 Å². The van der Waals surface area contributed by atoms with Gasteiger partial charge in [-0.25, -0.2) is 9.59 Å². The summed E-state index contributed by atoms with van der Waals surface area (Å²) in [5, 5.41) is 2.57. The third-order valence-corrected chi connectivity index (χ3v) is 2.52. The molecule has 0 saturated heterocycles. The van der Waals surface area contributed by atoms with Gasteiger partial charge in [0.1, 0.15) is 0 Å². The summed E-state index contributed by atoms with van der Waals surface area (Å²) in [6.07, 6.45) is 1.90. The van der Waals surface area contributed by atoms with Crippen molar-refractivity contribution in [2.24, 2.45) is 0 Å². The maximum absolute atomic E-state index is 11.2. The van der Waals surface area contributed by atoms with Crippen LogP contribution in [0.25, 0.3) is 0 Å². The molecular weight excluding hydrogens is 218 g/mol. The number of rotatable bonds is 4. The average molecular weight is 231 g/mol. The standard InChI is InChI=1S/C8H13N3O3S/c1-3-4-5-14-8-10-7(13)11(15-8)6(12)9-2/h3-5H2,1-2H3,(H,9,12). The molecule has 0 spiro atoms. The third-order valence-electron chi connectivity index (χ3n) is 1.65. The number of carbonyl (C=O) groups excluding carboxylic acids is 1. The first kappa shape index (κ1) is 11.7. The molecule has 0 fully saturated rings. The van der Waals surface area contributed by atoms with Crippen LogP contribution in [0.15, 0.2) is 4.79 Å². The topological polar surface area (TPSA) is 73.2 Å². The van der Waals surface area contributed by atoms with Gasteiger partial charge in [0, 0.05) is 18.6 Å². The number of nitrogens with zero attached hydrogens (tertiary/aromatic N) is 2. The van der Waals surface area contributed by atoms with Crippen LogP contribution in [0, 0.1) is 0 Å². The van der Waals surface area contributed by atoms with E-state index in [4.69, 9.17) is 4.74 Å². The highest BCUT2D eigenvalue weighted by Gasteiger charge is 2.12. The van der Waals surface area contributed by atoms with E-state index in [1.807, 2.05) is 6.92 Å². The predicted octanol–water partition coefficient (Wildman–Crippen LogP) is 0.671. The van der Waals surface area contributed by atoms with Crippen LogP contribution in [0.1, 0.15) is 19.8 Å². The molecule has 0 saturated carbocycles. The Bertz CT molecular complexity index is 385. The van der Waals surface area contributed by atoms with Crippen LogP contribution in [0.4, 0.5) is 4.79 Å². The van der Waals surface area contributed by atoms with Crippen molar-refractivity contribution < 1.29 is 9.53 Å². The van der Waals surface area contributed by atoms with Gasteiger partial charge in [-0.1, -0.05) is 13.3 Å². The molecule has 1 aromatic heterocycles. The van der Waals surface area contributed by atoms with Crippen molar-refractivity contribution in [2.45, 2.75) is 19.8 Å². The Morgan fingerprint density at radius 1 is 1.67 bits per heavy atom. The molecule has 6 nitrogen and oxygen atoms in total. The van der Waals surface area contributed by atoms with E-state index >= 15 is 0 Å². The summed E-state index contributed by atoms with van der Waals surface area (Å²) >= 11 is 0.901. The second-order valence-corrected chi connectivity index (χ2v) is 3.70. The minimum absolute atomic E-state index is 0.233. The Morgan fingerprint density at radius 2 is 2.40 bits per heavy atom. The van der Waals surface area contributed by atoms with E-state index in [1.165, 1.54) is 7.05 Å². The first-order chi connectivity index (χ1) is 7.19. The Labute approximate surface area is 91.0 Å². The maximum atomic E-state index is 11.2. The average Bonchev–Trinajstić information content (AvgIpc) is 2.59. The van der Waals surface area contributed by atoms with Crippen LogP contribution >= 0.6 is 11.5 Å². The molecule has 1 amide bonds. The lowest BCUT2D eigenvalue weighted by Crippen LogP contribution is -2.30. The molecule has 1 aromatic rings. The lowest BCUT2D eigenvalue weighted by molar-refractivity contribution is 0.245. The predicted molar refractivity (Wildman–Crippen MR) is 56.6 cm³/mol. The van der Waals surface area contributed by atoms with Gasteiger partial charge in [-0.15, -0.1) is 4.98 Å². The number of ether oxygens (including phenoxy) is 1. The van der Waals surface area contributed by atoms with E-state index in [9.17, 15) is 9.59 Å². The van der Waals surface area contributed by atoms with Crippen molar-refractivity contribution in [3.63, 3.8) is 0 Å². The number of amides is 1.